The van der Waals surface area contributed by atoms with Gasteiger partial charge in [0.1, 0.15) is 23.9 Å². The lowest BCUT2D eigenvalue weighted by molar-refractivity contribution is 0.102. The van der Waals surface area contributed by atoms with E-state index in [2.05, 4.69) is 20.4 Å². The summed E-state index contributed by atoms with van der Waals surface area (Å²) < 4.78 is 10.9. The number of anilines is 2. The van der Waals surface area contributed by atoms with Gasteiger partial charge in [-0.3, -0.25) is 4.79 Å². The van der Waals surface area contributed by atoms with Crippen molar-refractivity contribution >= 4 is 17.4 Å². The molecule has 0 unspecified atom stereocenters. The van der Waals surface area contributed by atoms with Crippen LogP contribution >= 0.6 is 0 Å². The van der Waals surface area contributed by atoms with Crippen LogP contribution in [0, 0.1) is 20.8 Å². The molecule has 1 aromatic carbocycles. The Hall–Kier alpha value is -3.35. The van der Waals surface area contributed by atoms with Crippen LogP contribution in [0.25, 0.3) is 0 Å². The largest absolute Gasteiger partial charge is 0.489 e. The van der Waals surface area contributed by atoms with Gasteiger partial charge in [-0.25, -0.2) is 4.98 Å². The Morgan fingerprint density at radius 2 is 1.80 bits per heavy atom. The van der Waals surface area contributed by atoms with Crippen molar-refractivity contribution in [2.75, 3.05) is 23.3 Å². The summed E-state index contributed by atoms with van der Waals surface area (Å²) in [6.07, 6.45) is 2.41. The predicted octanol–water partition coefficient (Wildman–Crippen LogP) is 4.43. The molecule has 0 spiro atoms. The lowest BCUT2D eigenvalue weighted by Gasteiger charge is -2.18. The van der Waals surface area contributed by atoms with Gasteiger partial charge in [0, 0.05) is 18.7 Å². The van der Waals surface area contributed by atoms with Crippen molar-refractivity contribution < 1.29 is 14.1 Å². The number of aromatic nitrogens is 2. The average Bonchev–Trinajstić information content (AvgIpc) is 3.39. The van der Waals surface area contributed by atoms with E-state index in [-0.39, 0.29) is 5.91 Å². The predicted molar refractivity (Wildman–Crippen MR) is 115 cm³/mol. The lowest BCUT2D eigenvalue weighted by Crippen LogP contribution is -2.20. The molecule has 1 N–H and O–H groups in total. The zero-order valence-corrected chi connectivity index (χ0v) is 17.6. The highest BCUT2D eigenvalue weighted by Crippen LogP contribution is 2.23. The van der Waals surface area contributed by atoms with E-state index >= 15 is 0 Å². The fraction of sp³-hybridized carbons (Fsp3) is 0.348. The third kappa shape index (κ3) is 4.30. The van der Waals surface area contributed by atoms with Crippen molar-refractivity contribution in [3.63, 3.8) is 0 Å². The Labute approximate surface area is 176 Å². The van der Waals surface area contributed by atoms with Gasteiger partial charge >= 0.3 is 0 Å². The van der Waals surface area contributed by atoms with Crippen molar-refractivity contribution in [1.29, 1.82) is 0 Å². The van der Waals surface area contributed by atoms with Crippen molar-refractivity contribution in [1.82, 2.24) is 10.1 Å². The number of hydrogen-bond donors (Lipinski definition) is 1. The van der Waals surface area contributed by atoms with E-state index in [4.69, 9.17) is 9.26 Å². The standard InChI is InChI=1S/C23H26N4O3/c1-15-20(17(3)30-26-15)14-29-19-8-6-18(7-9-19)23(28)25-21-10-11-22(24-16(21)2)27-12-4-5-13-27/h6-11H,4-5,12-14H2,1-3H3,(H,25,28). The maximum Gasteiger partial charge on any atom is 0.255 e. The molecular formula is C23H26N4O3. The highest BCUT2D eigenvalue weighted by molar-refractivity contribution is 6.04. The molecule has 1 aliphatic rings. The number of amides is 1. The minimum atomic E-state index is -0.175. The average molecular weight is 406 g/mol. The quantitative estimate of drug-likeness (QED) is 0.652. The van der Waals surface area contributed by atoms with Crippen molar-refractivity contribution in [2.45, 2.75) is 40.2 Å². The van der Waals surface area contributed by atoms with E-state index in [1.807, 2.05) is 32.9 Å². The van der Waals surface area contributed by atoms with Gasteiger partial charge in [-0.15, -0.1) is 0 Å². The molecule has 7 nitrogen and oxygen atoms in total. The molecular weight excluding hydrogens is 380 g/mol. The van der Waals surface area contributed by atoms with Crippen molar-refractivity contribution in [3.8, 4) is 5.75 Å². The molecule has 2 aromatic heterocycles. The van der Waals surface area contributed by atoms with Gasteiger partial charge in [0.05, 0.1) is 22.6 Å². The zero-order chi connectivity index (χ0) is 21.1. The highest BCUT2D eigenvalue weighted by atomic mass is 16.5. The van der Waals surface area contributed by atoms with Crippen LogP contribution in [-0.2, 0) is 6.61 Å². The molecule has 0 atom stereocenters. The summed E-state index contributed by atoms with van der Waals surface area (Å²) in [6, 6.07) is 11.0. The van der Waals surface area contributed by atoms with E-state index in [1.165, 1.54) is 12.8 Å². The molecule has 0 aliphatic carbocycles. The first-order chi connectivity index (χ1) is 14.5. The number of hydrogen-bond acceptors (Lipinski definition) is 6. The molecule has 1 fully saturated rings. The molecule has 1 saturated heterocycles. The molecule has 1 aliphatic heterocycles. The van der Waals surface area contributed by atoms with Crippen LogP contribution in [0.15, 0.2) is 40.9 Å². The van der Waals surface area contributed by atoms with Gasteiger partial charge in [-0.2, -0.15) is 0 Å². The fourth-order valence-corrected chi connectivity index (χ4v) is 3.56. The first-order valence-electron chi connectivity index (χ1n) is 10.2. The maximum atomic E-state index is 12.6. The Morgan fingerprint density at radius 3 is 2.43 bits per heavy atom. The second-order valence-corrected chi connectivity index (χ2v) is 7.57. The first-order valence-corrected chi connectivity index (χ1v) is 10.2. The summed E-state index contributed by atoms with van der Waals surface area (Å²) in [7, 11) is 0. The number of rotatable bonds is 6. The zero-order valence-electron chi connectivity index (χ0n) is 17.6. The normalized spacial score (nSPS) is 13.5. The van der Waals surface area contributed by atoms with E-state index in [0.29, 0.717) is 17.9 Å². The number of nitrogens with zero attached hydrogens (tertiary/aromatic N) is 3. The van der Waals surface area contributed by atoms with Crippen LogP contribution in [-0.4, -0.2) is 29.1 Å². The molecule has 0 radical (unpaired) electrons. The lowest BCUT2D eigenvalue weighted by atomic mass is 10.2. The summed E-state index contributed by atoms with van der Waals surface area (Å²) >= 11 is 0. The maximum absolute atomic E-state index is 12.6. The topological polar surface area (TPSA) is 80.5 Å². The first kappa shape index (κ1) is 19.9. The number of aryl methyl sites for hydroxylation is 3. The second-order valence-electron chi connectivity index (χ2n) is 7.57. The van der Waals surface area contributed by atoms with Gasteiger partial charge in [-0.05, 0) is 70.0 Å². The number of carbonyl (C=O) groups is 1. The number of carbonyl (C=O) groups excluding carboxylic acids is 1. The molecule has 30 heavy (non-hydrogen) atoms. The van der Waals surface area contributed by atoms with Crippen LogP contribution in [0.3, 0.4) is 0 Å². The fourth-order valence-electron chi connectivity index (χ4n) is 3.56. The molecule has 3 heterocycles. The third-order valence-corrected chi connectivity index (χ3v) is 5.43. The third-order valence-electron chi connectivity index (χ3n) is 5.43. The number of ether oxygens (including phenoxy) is 1. The van der Waals surface area contributed by atoms with Crippen LogP contribution in [0.1, 0.15) is 45.9 Å². The second kappa shape index (κ2) is 8.57. The number of pyridine rings is 1. The van der Waals surface area contributed by atoms with E-state index < -0.39 is 0 Å². The summed E-state index contributed by atoms with van der Waals surface area (Å²) in [5.74, 6) is 2.23. The Balaban J connectivity index is 1.38. The number of benzene rings is 1. The Kier molecular flexibility index (Phi) is 5.70. The van der Waals surface area contributed by atoms with Crippen LogP contribution in [0.4, 0.5) is 11.5 Å². The monoisotopic (exact) mass is 406 g/mol. The van der Waals surface area contributed by atoms with Gasteiger partial charge < -0.3 is 19.5 Å². The van der Waals surface area contributed by atoms with Crippen molar-refractivity contribution in [2.24, 2.45) is 0 Å². The molecule has 4 rings (SSSR count). The Morgan fingerprint density at radius 1 is 1.07 bits per heavy atom. The summed E-state index contributed by atoms with van der Waals surface area (Å²) in [6.45, 7) is 8.13. The van der Waals surface area contributed by atoms with Gasteiger partial charge in [0.15, 0.2) is 0 Å². The van der Waals surface area contributed by atoms with Gasteiger partial charge in [-0.1, -0.05) is 5.16 Å². The van der Waals surface area contributed by atoms with Gasteiger partial charge in [0.2, 0.25) is 0 Å². The van der Waals surface area contributed by atoms with Crippen molar-refractivity contribution in [3.05, 3.63) is 64.7 Å². The molecule has 3 aromatic rings. The molecule has 7 heteroatoms. The highest BCUT2D eigenvalue weighted by Gasteiger charge is 2.15. The van der Waals surface area contributed by atoms with Crippen LogP contribution < -0.4 is 15.0 Å². The summed E-state index contributed by atoms with van der Waals surface area (Å²) in [5, 5.41) is 6.88. The van der Waals surface area contributed by atoms with Gasteiger partial charge in [0.25, 0.3) is 5.91 Å². The minimum Gasteiger partial charge on any atom is -0.489 e. The Bertz CT molecular complexity index is 1020. The smallest absolute Gasteiger partial charge is 0.255 e. The molecule has 1 amide bonds. The SMILES string of the molecule is Cc1nc(N2CCCC2)ccc1NC(=O)c1ccc(OCc2c(C)noc2C)cc1. The van der Waals surface area contributed by atoms with Crippen LogP contribution in [0.5, 0.6) is 5.75 Å². The van der Waals surface area contributed by atoms with E-state index in [1.54, 1.807) is 24.3 Å². The molecule has 156 valence electrons. The van der Waals surface area contributed by atoms with E-state index in [0.717, 1.165) is 47.3 Å². The van der Waals surface area contributed by atoms with Crippen LogP contribution in [0.2, 0.25) is 0 Å². The minimum absolute atomic E-state index is 0.175. The molecule has 0 saturated carbocycles. The summed E-state index contributed by atoms with van der Waals surface area (Å²) in [4.78, 5) is 19.6. The van der Waals surface area contributed by atoms with E-state index in [9.17, 15) is 4.79 Å². The number of nitrogens with one attached hydrogen (secondary N) is 1. The molecule has 0 bridgehead atoms. The summed E-state index contributed by atoms with van der Waals surface area (Å²) in [5.41, 5.74) is 3.86.